The van der Waals surface area contributed by atoms with Crippen LogP contribution in [0.2, 0.25) is 0 Å². The number of hydrogen-bond donors (Lipinski definition) is 0. The number of thiazole rings is 1. The molecule has 164 valence electrons. The van der Waals surface area contributed by atoms with E-state index in [4.69, 9.17) is 14.5 Å². The predicted molar refractivity (Wildman–Crippen MR) is 125 cm³/mol. The topological polar surface area (TPSA) is 54.9 Å². The molecule has 1 amide bonds. The van der Waals surface area contributed by atoms with Crippen molar-refractivity contribution in [1.29, 1.82) is 0 Å². The van der Waals surface area contributed by atoms with Gasteiger partial charge < -0.3 is 9.47 Å². The van der Waals surface area contributed by atoms with Crippen LogP contribution >= 0.6 is 11.3 Å². The maximum Gasteiger partial charge on any atom is 0.232 e. The molecule has 0 atom stereocenters. The molecule has 1 aliphatic rings. The Labute approximate surface area is 187 Å². The van der Waals surface area contributed by atoms with Crippen LogP contribution in [0.5, 0.6) is 5.75 Å². The van der Waals surface area contributed by atoms with Crippen LogP contribution in [-0.2, 0) is 9.53 Å². The summed E-state index contributed by atoms with van der Waals surface area (Å²) in [6, 6.07) is 13.8. The number of benzene rings is 2. The van der Waals surface area contributed by atoms with Gasteiger partial charge >= 0.3 is 0 Å². The first-order valence-corrected chi connectivity index (χ1v) is 11.6. The number of nitrogens with zero attached hydrogens (tertiary/aromatic N) is 3. The SMILES string of the molecule is Cc1ccc(C)c2sc(N(CCN3CCOCC3)C(=O)CCOc3ccccc3)nc12. The van der Waals surface area contributed by atoms with E-state index >= 15 is 0 Å². The highest BCUT2D eigenvalue weighted by atomic mass is 32.1. The van der Waals surface area contributed by atoms with Crippen LogP contribution < -0.4 is 9.64 Å². The van der Waals surface area contributed by atoms with Crippen LogP contribution in [0.3, 0.4) is 0 Å². The van der Waals surface area contributed by atoms with Crippen molar-refractivity contribution in [3.63, 3.8) is 0 Å². The van der Waals surface area contributed by atoms with Gasteiger partial charge in [-0.1, -0.05) is 41.7 Å². The molecule has 0 spiro atoms. The molecule has 2 heterocycles. The van der Waals surface area contributed by atoms with Gasteiger partial charge in [0.2, 0.25) is 5.91 Å². The lowest BCUT2D eigenvalue weighted by molar-refractivity contribution is -0.119. The zero-order chi connectivity index (χ0) is 21.6. The molecule has 7 heteroatoms. The summed E-state index contributed by atoms with van der Waals surface area (Å²) >= 11 is 1.60. The fourth-order valence-corrected chi connectivity index (χ4v) is 4.82. The molecule has 2 aromatic carbocycles. The molecular weight excluding hydrogens is 410 g/mol. The normalized spacial score (nSPS) is 14.6. The third kappa shape index (κ3) is 5.42. The molecule has 0 radical (unpaired) electrons. The zero-order valence-corrected chi connectivity index (χ0v) is 19.0. The number of fused-ring (bicyclic) bond motifs is 1. The Kier molecular flexibility index (Phi) is 7.17. The third-order valence-electron chi connectivity index (χ3n) is 5.53. The van der Waals surface area contributed by atoms with E-state index < -0.39 is 0 Å². The van der Waals surface area contributed by atoms with E-state index in [0.717, 1.165) is 59.5 Å². The molecule has 1 aromatic heterocycles. The molecule has 4 rings (SSSR count). The number of rotatable bonds is 8. The highest BCUT2D eigenvalue weighted by molar-refractivity contribution is 7.22. The van der Waals surface area contributed by atoms with Crippen LogP contribution in [0.4, 0.5) is 5.13 Å². The van der Waals surface area contributed by atoms with E-state index in [2.05, 4.69) is 30.9 Å². The van der Waals surface area contributed by atoms with Crippen molar-refractivity contribution in [3.8, 4) is 5.75 Å². The second kappa shape index (κ2) is 10.2. The predicted octanol–water partition coefficient (Wildman–Crippen LogP) is 4.05. The van der Waals surface area contributed by atoms with Gasteiger partial charge in [0.05, 0.1) is 36.5 Å². The molecule has 1 fully saturated rings. The lowest BCUT2D eigenvalue weighted by atomic mass is 10.1. The minimum Gasteiger partial charge on any atom is -0.493 e. The Bertz CT molecular complexity index is 977. The van der Waals surface area contributed by atoms with Crippen molar-refractivity contribution in [1.82, 2.24) is 9.88 Å². The van der Waals surface area contributed by atoms with Gasteiger partial charge in [0.25, 0.3) is 0 Å². The van der Waals surface area contributed by atoms with Gasteiger partial charge in [-0.25, -0.2) is 4.98 Å². The summed E-state index contributed by atoms with van der Waals surface area (Å²) in [5.41, 5.74) is 3.32. The minimum absolute atomic E-state index is 0.0403. The molecule has 6 nitrogen and oxygen atoms in total. The molecule has 0 aliphatic carbocycles. The standard InChI is InChI=1S/C24H29N3O3S/c1-18-8-9-19(2)23-22(18)25-24(31-23)27(12-11-26-13-16-29-17-14-26)21(28)10-15-30-20-6-4-3-5-7-20/h3-9H,10-17H2,1-2H3. The third-order valence-corrected chi connectivity index (χ3v) is 6.75. The fourth-order valence-electron chi connectivity index (χ4n) is 3.66. The fraction of sp³-hybridized carbons (Fsp3) is 0.417. The number of carbonyl (C=O) groups excluding carboxylic acids is 1. The lowest BCUT2D eigenvalue weighted by Crippen LogP contribution is -2.43. The summed E-state index contributed by atoms with van der Waals surface area (Å²) in [6.07, 6.45) is 0.311. The number of amides is 1. The van der Waals surface area contributed by atoms with Gasteiger partial charge in [0.15, 0.2) is 5.13 Å². The van der Waals surface area contributed by atoms with Crippen LogP contribution in [0, 0.1) is 13.8 Å². The van der Waals surface area contributed by atoms with E-state index in [1.165, 1.54) is 5.56 Å². The van der Waals surface area contributed by atoms with E-state index in [9.17, 15) is 4.79 Å². The average Bonchev–Trinajstić information content (AvgIpc) is 3.24. The van der Waals surface area contributed by atoms with Crippen molar-refractivity contribution >= 4 is 32.6 Å². The van der Waals surface area contributed by atoms with E-state index in [0.29, 0.717) is 19.6 Å². The lowest BCUT2D eigenvalue weighted by Gasteiger charge is -2.29. The highest BCUT2D eigenvalue weighted by Crippen LogP contribution is 2.33. The van der Waals surface area contributed by atoms with Crippen LogP contribution in [0.25, 0.3) is 10.2 Å². The van der Waals surface area contributed by atoms with E-state index in [1.54, 1.807) is 11.3 Å². The number of aromatic nitrogens is 1. The van der Waals surface area contributed by atoms with Crippen molar-refractivity contribution < 1.29 is 14.3 Å². The second-order valence-electron chi connectivity index (χ2n) is 7.78. The largest absolute Gasteiger partial charge is 0.493 e. The number of aryl methyl sites for hydroxylation is 2. The Balaban J connectivity index is 1.50. The van der Waals surface area contributed by atoms with Gasteiger partial charge in [-0.15, -0.1) is 0 Å². The molecule has 3 aromatic rings. The zero-order valence-electron chi connectivity index (χ0n) is 18.2. The Morgan fingerprint density at radius 2 is 1.87 bits per heavy atom. The number of para-hydroxylation sites is 1. The number of ether oxygens (including phenoxy) is 2. The summed E-state index contributed by atoms with van der Waals surface area (Å²) < 4.78 is 12.4. The van der Waals surface area contributed by atoms with Crippen LogP contribution in [0.15, 0.2) is 42.5 Å². The monoisotopic (exact) mass is 439 g/mol. The Morgan fingerprint density at radius 3 is 2.61 bits per heavy atom. The van der Waals surface area contributed by atoms with Gasteiger partial charge in [-0.05, 0) is 37.1 Å². The Hall–Kier alpha value is -2.48. The molecule has 0 bridgehead atoms. The quantitative estimate of drug-likeness (QED) is 0.530. The number of hydrogen-bond acceptors (Lipinski definition) is 6. The van der Waals surface area contributed by atoms with Crippen molar-refractivity contribution in [2.45, 2.75) is 20.3 Å². The molecule has 31 heavy (non-hydrogen) atoms. The smallest absolute Gasteiger partial charge is 0.232 e. The molecule has 1 aliphatic heterocycles. The maximum absolute atomic E-state index is 13.2. The Morgan fingerprint density at radius 1 is 1.13 bits per heavy atom. The molecular formula is C24H29N3O3S. The second-order valence-corrected chi connectivity index (χ2v) is 8.76. The van der Waals surface area contributed by atoms with Gasteiger partial charge in [0.1, 0.15) is 5.75 Å². The highest BCUT2D eigenvalue weighted by Gasteiger charge is 2.22. The van der Waals surface area contributed by atoms with Crippen molar-refractivity contribution in [3.05, 3.63) is 53.6 Å². The summed E-state index contributed by atoms with van der Waals surface area (Å²) in [5.74, 6) is 0.819. The summed E-state index contributed by atoms with van der Waals surface area (Å²) in [5, 5.41) is 0.769. The molecule has 1 saturated heterocycles. The van der Waals surface area contributed by atoms with E-state index in [1.807, 2.05) is 35.2 Å². The minimum atomic E-state index is 0.0403. The van der Waals surface area contributed by atoms with Crippen molar-refractivity contribution in [2.24, 2.45) is 0 Å². The summed E-state index contributed by atoms with van der Waals surface area (Å²) in [4.78, 5) is 22.3. The van der Waals surface area contributed by atoms with Crippen LogP contribution in [-0.4, -0.2) is 61.8 Å². The molecule has 0 unspecified atom stereocenters. The maximum atomic E-state index is 13.2. The van der Waals surface area contributed by atoms with Gasteiger partial charge in [-0.3, -0.25) is 14.6 Å². The number of anilines is 1. The molecule has 0 saturated carbocycles. The molecule has 0 N–H and O–H groups in total. The van der Waals surface area contributed by atoms with Gasteiger partial charge in [-0.2, -0.15) is 0 Å². The first-order chi connectivity index (χ1) is 15.1. The number of carbonyl (C=O) groups is 1. The van der Waals surface area contributed by atoms with E-state index in [-0.39, 0.29) is 5.91 Å². The number of morpholine rings is 1. The average molecular weight is 440 g/mol. The summed E-state index contributed by atoms with van der Waals surface area (Å²) in [6.45, 7) is 9.23. The van der Waals surface area contributed by atoms with Crippen LogP contribution in [0.1, 0.15) is 17.5 Å². The first kappa shape index (κ1) is 21.7. The summed E-state index contributed by atoms with van der Waals surface area (Å²) in [7, 11) is 0. The van der Waals surface area contributed by atoms with Gasteiger partial charge in [0, 0.05) is 26.2 Å². The first-order valence-electron chi connectivity index (χ1n) is 10.8. The van der Waals surface area contributed by atoms with Crippen molar-refractivity contribution in [2.75, 3.05) is 50.9 Å².